The van der Waals surface area contributed by atoms with E-state index in [0.29, 0.717) is 0 Å². The Hall–Kier alpha value is -2.99. The van der Waals surface area contributed by atoms with Crippen LogP contribution < -0.4 is 9.47 Å². The molecule has 0 saturated carbocycles. The molecule has 26 heavy (non-hydrogen) atoms. The molecule has 4 heterocycles. The largest absolute Gasteiger partial charge is 0.465 e. The van der Waals surface area contributed by atoms with E-state index in [0.717, 1.165) is 65.9 Å². The quantitative estimate of drug-likeness (QED) is 0.714. The topological polar surface area (TPSA) is 60.9 Å². The summed E-state index contributed by atoms with van der Waals surface area (Å²) in [6.07, 6.45) is 6.67. The first-order valence-electron chi connectivity index (χ1n) is 8.67. The zero-order valence-electron chi connectivity index (χ0n) is 14.2. The highest BCUT2D eigenvalue weighted by Gasteiger charge is 2.25. The average Bonchev–Trinajstić information content (AvgIpc) is 3.41. The van der Waals surface area contributed by atoms with Gasteiger partial charge >= 0.3 is 0 Å². The van der Waals surface area contributed by atoms with Crippen LogP contribution in [0.25, 0.3) is 17.3 Å². The minimum absolute atomic E-state index is 0.269. The lowest BCUT2D eigenvalue weighted by atomic mass is 10.0. The molecule has 0 saturated heterocycles. The van der Waals surface area contributed by atoms with Gasteiger partial charge in [0.1, 0.15) is 17.2 Å². The third kappa shape index (κ3) is 2.78. The van der Waals surface area contributed by atoms with E-state index in [1.54, 1.807) is 6.26 Å². The molecule has 132 valence electrons. The van der Waals surface area contributed by atoms with E-state index in [1.165, 1.54) is 0 Å². The van der Waals surface area contributed by atoms with Crippen LogP contribution in [0, 0.1) is 0 Å². The van der Waals surface area contributed by atoms with Gasteiger partial charge in [0.15, 0.2) is 11.5 Å². The molecule has 0 N–H and O–H groups in total. The van der Waals surface area contributed by atoms with Crippen molar-refractivity contribution in [2.24, 2.45) is 0 Å². The fourth-order valence-corrected chi connectivity index (χ4v) is 3.40. The van der Waals surface area contributed by atoms with Gasteiger partial charge in [0.2, 0.25) is 6.79 Å². The van der Waals surface area contributed by atoms with Crippen molar-refractivity contribution in [3.63, 3.8) is 0 Å². The highest BCUT2D eigenvalue weighted by atomic mass is 16.7. The first-order chi connectivity index (χ1) is 12.9. The monoisotopic (exact) mass is 350 g/mol. The maximum absolute atomic E-state index is 5.59. The van der Waals surface area contributed by atoms with Gasteiger partial charge in [-0.05, 0) is 36.4 Å². The molecule has 2 aromatic heterocycles. The highest BCUT2D eigenvalue weighted by Crippen LogP contribution is 2.38. The van der Waals surface area contributed by atoms with Gasteiger partial charge in [-0.25, -0.2) is 0 Å². The maximum atomic E-state index is 5.59. The number of ether oxygens (including phenoxy) is 2. The van der Waals surface area contributed by atoms with E-state index >= 15 is 0 Å². The maximum Gasteiger partial charge on any atom is 0.231 e. The number of hydrogen-bond donors (Lipinski definition) is 0. The van der Waals surface area contributed by atoms with E-state index in [-0.39, 0.29) is 6.79 Å². The summed E-state index contributed by atoms with van der Waals surface area (Å²) in [5, 5.41) is 4.32. The van der Waals surface area contributed by atoms with Crippen LogP contribution >= 0.6 is 0 Å². The Bertz CT molecular complexity index is 943. The second-order valence-corrected chi connectivity index (χ2v) is 6.40. The second kappa shape index (κ2) is 6.38. The van der Waals surface area contributed by atoms with Crippen LogP contribution in [0.15, 0.2) is 51.6 Å². The van der Waals surface area contributed by atoms with Crippen LogP contribution in [0.5, 0.6) is 11.5 Å². The Morgan fingerprint density at radius 2 is 2.12 bits per heavy atom. The Kier molecular flexibility index (Phi) is 3.75. The van der Waals surface area contributed by atoms with Crippen molar-refractivity contribution in [2.45, 2.75) is 13.0 Å². The molecule has 0 radical (unpaired) electrons. The van der Waals surface area contributed by atoms with Crippen molar-refractivity contribution in [1.82, 2.24) is 10.1 Å². The minimum Gasteiger partial charge on any atom is -0.465 e. The predicted molar refractivity (Wildman–Crippen MR) is 94.8 cm³/mol. The number of hydrogen-bond acceptors (Lipinski definition) is 6. The summed E-state index contributed by atoms with van der Waals surface area (Å²) in [5.74, 6) is 3.38. The predicted octanol–water partition coefficient (Wildman–Crippen LogP) is 3.73. The van der Waals surface area contributed by atoms with Gasteiger partial charge in [-0.2, -0.15) is 0 Å². The molecule has 0 aliphatic carbocycles. The van der Waals surface area contributed by atoms with Crippen molar-refractivity contribution in [3.05, 3.63) is 59.8 Å². The molecular weight excluding hydrogens is 332 g/mol. The average molecular weight is 350 g/mol. The summed E-state index contributed by atoms with van der Waals surface area (Å²) in [4.78, 5) is 2.37. The first-order valence-corrected chi connectivity index (χ1v) is 8.67. The molecular formula is C20H18N2O4. The number of fused-ring (bicyclic) bond motifs is 2. The van der Waals surface area contributed by atoms with Crippen molar-refractivity contribution in [1.29, 1.82) is 0 Å². The third-order valence-corrected chi connectivity index (χ3v) is 4.74. The molecule has 5 rings (SSSR count). The highest BCUT2D eigenvalue weighted by molar-refractivity contribution is 5.67. The normalized spacial score (nSPS) is 16.3. The summed E-state index contributed by atoms with van der Waals surface area (Å²) in [6, 6.07) is 9.73. The van der Waals surface area contributed by atoms with Crippen LogP contribution in [-0.2, 0) is 13.0 Å². The molecule has 2 aliphatic rings. The van der Waals surface area contributed by atoms with Crippen LogP contribution in [0.4, 0.5) is 0 Å². The van der Waals surface area contributed by atoms with Crippen molar-refractivity contribution in [2.75, 3.05) is 19.9 Å². The Balaban J connectivity index is 1.35. The van der Waals surface area contributed by atoms with E-state index in [9.17, 15) is 0 Å². The van der Waals surface area contributed by atoms with E-state index < -0.39 is 0 Å². The number of aromatic nitrogens is 1. The standard InChI is InChI=1S/C20H18N2O4/c1(3-15-4-2-10-23-15)8-22-9-7-17-16(12-22)20(21-26-17)14-5-6-18-19(11-14)25-13-24-18/h1-6,10-11H,7-9,12-13H2/b3-1+. The second-order valence-electron chi connectivity index (χ2n) is 6.40. The molecule has 6 nitrogen and oxygen atoms in total. The summed E-state index contributed by atoms with van der Waals surface area (Å²) in [5.41, 5.74) is 3.03. The van der Waals surface area contributed by atoms with Gasteiger partial charge < -0.3 is 18.4 Å². The minimum atomic E-state index is 0.269. The summed E-state index contributed by atoms with van der Waals surface area (Å²) < 4.78 is 21.8. The van der Waals surface area contributed by atoms with Crippen LogP contribution in [0.3, 0.4) is 0 Å². The Morgan fingerprint density at radius 1 is 1.15 bits per heavy atom. The summed E-state index contributed by atoms with van der Waals surface area (Å²) in [7, 11) is 0. The van der Waals surface area contributed by atoms with Gasteiger partial charge in [0, 0.05) is 37.2 Å². The van der Waals surface area contributed by atoms with Crippen LogP contribution in [0.1, 0.15) is 17.1 Å². The molecule has 2 aliphatic heterocycles. The lowest BCUT2D eigenvalue weighted by Gasteiger charge is -2.24. The number of rotatable bonds is 4. The molecule has 0 unspecified atom stereocenters. The van der Waals surface area contributed by atoms with Gasteiger partial charge in [0.05, 0.1) is 6.26 Å². The van der Waals surface area contributed by atoms with Gasteiger partial charge in [-0.1, -0.05) is 11.2 Å². The van der Waals surface area contributed by atoms with Crippen molar-refractivity contribution < 1.29 is 18.4 Å². The molecule has 0 amide bonds. The molecule has 0 bridgehead atoms. The molecule has 0 spiro atoms. The molecule has 0 fully saturated rings. The smallest absolute Gasteiger partial charge is 0.231 e. The lowest BCUT2D eigenvalue weighted by Crippen LogP contribution is -2.30. The number of nitrogens with zero attached hydrogens (tertiary/aromatic N) is 2. The van der Waals surface area contributed by atoms with E-state index in [4.69, 9.17) is 18.4 Å². The third-order valence-electron chi connectivity index (χ3n) is 4.74. The van der Waals surface area contributed by atoms with Gasteiger partial charge in [-0.15, -0.1) is 0 Å². The fraction of sp³-hybridized carbons (Fsp3) is 0.250. The Labute approximate surface area is 150 Å². The molecule has 3 aromatic rings. The zero-order valence-corrected chi connectivity index (χ0v) is 14.2. The van der Waals surface area contributed by atoms with E-state index in [2.05, 4.69) is 16.1 Å². The van der Waals surface area contributed by atoms with E-state index in [1.807, 2.05) is 36.4 Å². The first kappa shape index (κ1) is 15.3. The molecule has 6 heteroatoms. The van der Waals surface area contributed by atoms with Gasteiger partial charge in [0.25, 0.3) is 0 Å². The summed E-state index contributed by atoms with van der Waals surface area (Å²) in [6.45, 7) is 2.88. The Morgan fingerprint density at radius 3 is 3.04 bits per heavy atom. The summed E-state index contributed by atoms with van der Waals surface area (Å²) >= 11 is 0. The zero-order chi connectivity index (χ0) is 17.3. The van der Waals surface area contributed by atoms with Crippen molar-refractivity contribution in [3.8, 4) is 22.8 Å². The van der Waals surface area contributed by atoms with Crippen molar-refractivity contribution >= 4 is 6.08 Å². The molecule has 1 aromatic carbocycles. The molecule has 0 atom stereocenters. The number of benzene rings is 1. The fourth-order valence-electron chi connectivity index (χ4n) is 3.40. The van der Waals surface area contributed by atoms with Crippen LogP contribution in [-0.4, -0.2) is 29.9 Å². The lowest BCUT2D eigenvalue weighted by molar-refractivity contribution is 0.174. The van der Waals surface area contributed by atoms with Gasteiger partial charge in [-0.3, -0.25) is 4.90 Å². The number of furan rings is 1. The SMILES string of the molecule is C(=C\c1ccco1)/CN1CCc2onc(-c3ccc4c(c3)OCO4)c2C1. The van der Waals surface area contributed by atoms with Crippen LogP contribution in [0.2, 0.25) is 0 Å².